The van der Waals surface area contributed by atoms with E-state index in [-0.39, 0.29) is 0 Å². The average molecular weight is 159 g/mol. The van der Waals surface area contributed by atoms with Gasteiger partial charge in [-0.25, -0.2) is 9.97 Å². The van der Waals surface area contributed by atoms with Crippen molar-refractivity contribution >= 4 is 11.6 Å². The van der Waals surface area contributed by atoms with E-state index in [0.29, 0.717) is 5.02 Å². The zero-order valence-electron chi connectivity index (χ0n) is 6.43. The fraction of sp³-hybridized carbons (Fsp3) is 0.429. The van der Waals surface area contributed by atoms with Gasteiger partial charge in [0, 0.05) is 12.4 Å². The topological polar surface area (TPSA) is 25.8 Å². The summed E-state index contributed by atoms with van der Waals surface area (Å²) in [5, 5.41) is 0.579. The third-order valence-electron chi connectivity index (χ3n) is 0.749. The Morgan fingerprint density at radius 3 is 1.90 bits per heavy atom. The van der Waals surface area contributed by atoms with E-state index in [4.69, 9.17) is 11.6 Å². The minimum atomic E-state index is 0.579. The molecule has 0 amide bonds. The number of halogens is 1. The molecule has 0 bridgehead atoms. The molecule has 56 valence electrons. The Hall–Kier alpha value is -0.630. The Kier molecular flexibility index (Phi) is 4.85. The number of aryl methyl sites for hydroxylation is 1. The summed E-state index contributed by atoms with van der Waals surface area (Å²) in [4.78, 5) is 7.67. The van der Waals surface area contributed by atoms with Gasteiger partial charge in [0.25, 0.3) is 0 Å². The Bertz CT molecular complexity index is 150. The van der Waals surface area contributed by atoms with Crippen molar-refractivity contribution in [3.63, 3.8) is 0 Å². The van der Waals surface area contributed by atoms with E-state index < -0.39 is 0 Å². The van der Waals surface area contributed by atoms with Crippen LogP contribution in [0.3, 0.4) is 0 Å². The first-order valence-corrected chi connectivity index (χ1v) is 3.61. The normalized spacial score (nSPS) is 8.00. The number of hydrogen-bond acceptors (Lipinski definition) is 2. The van der Waals surface area contributed by atoms with Crippen molar-refractivity contribution in [1.29, 1.82) is 0 Å². The SMILES string of the molecule is CC.Cc1ncc(Cl)cn1. The second-order valence-corrected chi connectivity index (χ2v) is 1.88. The zero-order valence-corrected chi connectivity index (χ0v) is 7.18. The van der Waals surface area contributed by atoms with Gasteiger partial charge in [-0.3, -0.25) is 0 Å². The van der Waals surface area contributed by atoms with Gasteiger partial charge < -0.3 is 0 Å². The van der Waals surface area contributed by atoms with Crippen molar-refractivity contribution in [3.8, 4) is 0 Å². The molecule has 0 aromatic carbocycles. The lowest BCUT2D eigenvalue weighted by molar-refractivity contribution is 1.05. The molecule has 0 fully saturated rings. The minimum absolute atomic E-state index is 0.579. The van der Waals surface area contributed by atoms with E-state index in [0.717, 1.165) is 5.82 Å². The lowest BCUT2D eigenvalue weighted by atomic mass is 10.6. The van der Waals surface area contributed by atoms with E-state index in [1.54, 1.807) is 12.4 Å². The second-order valence-electron chi connectivity index (χ2n) is 1.45. The molecule has 0 atom stereocenters. The van der Waals surface area contributed by atoms with Crippen molar-refractivity contribution in [2.75, 3.05) is 0 Å². The molecule has 0 radical (unpaired) electrons. The molecule has 0 saturated carbocycles. The lowest BCUT2D eigenvalue weighted by Crippen LogP contribution is -1.82. The van der Waals surface area contributed by atoms with Crippen molar-refractivity contribution in [3.05, 3.63) is 23.2 Å². The molecule has 1 aromatic rings. The van der Waals surface area contributed by atoms with E-state index in [1.165, 1.54) is 0 Å². The molecule has 0 N–H and O–H groups in total. The fourth-order valence-corrected chi connectivity index (χ4v) is 0.474. The first-order chi connectivity index (χ1) is 4.79. The van der Waals surface area contributed by atoms with Gasteiger partial charge in [0.15, 0.2) is 0 Å². The van der Waals surface area contributed by atoms with Crippen LogP contribution in [0, 0.1) is 6.92 Å². The molecule has 0 aliphatic carbocycles. The number of hydrogen-bond donors (Lipinski definition) is 0. The van der Waals surface area contributed by atoms with Crippen molar-refractivity contribution in [2.45, 2.75) is 20.8 Å². The molecule has 1 aromatic heterocycles. The zero-order chi connectivity index (χ0) is 7.98. The number of nitrogens with zero attached hydrogens (tertiary/aromatic N) is 2. The summed E-state index contributed by atoms with van der Waals surface area (Å²) >= 11 is 5.49. The molecule has 10 heavy (non-hydrogen) atoms. The van der Waals surface area contributed by atoms with Gasteiger partial charge in [0.05, 0.1) is 5.02 Å². The molecule has 2 nitrogen and oxygen atoms in total. The second kappa shape index (κ2) is 5.18. The van der Waals surface area contributed by atoms with Crippen LogP contribution in [0.1, 0.15) is 19.7 Å². The highest BCUT2D eigenvalue weighted by molar-refractivity contribution is 6.30. The van der Waals surface area contributed by atoms with E-state index in [9.17, 15) is 0 Å². The van der Waals surface area contributed by atoms with Crippen LogP contribution in [0.15, 0.2) is 12.4 Å². The van der Waals surface area contributed by atoms with Gasteiger partial charge in [-0.15, -0.1) is 0 Å². The molecular weight excluding hydrogens is 148 g/mol. The first kappa shape index (κ1) is 9.37. The maximum atomic E-state index is 5.49. The molecule has 0 aliphatic heterocycles. The van der Waals surface area contributed by atoms with Crippen molar-refractivity contribution in [1.82, 2.24) is 9.97 Å². The molecule has 0 unspecified atom stereocenters. The molecule has 0 spiro atoms. The third-order valence-corrected chi connectivity index (χ3v) is 0.945. The Balaban J connectivity index is 0.000000371. The van der Waals surface area contributed by atoms with Crippen LogP contribution >= 0.6 is 11.6 Å². The predicted molar refractivity (Wildman–Crippen MR) is 43.1 cm³/mol. The fourth-order valence-electron chi connectivity index (χ4n) is 0.377. The number of aromatic nitrogens is 2. The van der Waals surface area contributed by atoms with Gasteiger partial charge in [0.2, 0.25) is 0 Å². The van der Waals surface area contributed by atoms with Crippen LogP contribution in [0.5, 0.6) is 0 Å². The summed E-state index contributed by atoms with van der Waals surface area (Å²) in [5.41, 5.74) is 0. The van der Waals surface area contributed by atoms with Gasteiger partial charge in [-0.05, 0) is 6.92 Å². The van der Waals surface area contributed by atoms with Gasteiger partial charge >= 0.3 is 0 Å². The molecule has 1 heterocycles. The summed E-state index contributed by atoms with van der Waals surface area (Å²) in [5.74, 6) is 0.745. The summed E-state index contributed by atoms with van der Waals surface area (Å²) in [6, 6.07) is 0. The van der Waals surface area contributed by atoms with Crippen LogP contribution in [0.25, 0.3) is 0 Å². The summed E-state index contributed by atoms with van der Waals surface area (Å²) in [6.07, 6.45) is 3.15. The van der Waals surface area contributed by atoms with Crippen LogP contribution in [-0.2, 0) is 0 Å². The largest absolute Gasteiger partial charge is 0.240 e. The molecule has 3 heteroatoms. The average Bonchev–Trinajstić information content (AvgIpc) is 2.00. The molecular formula is C7H11ClN2. The minimum Gasteiger partial charge on any atom is -0.240 e. The smallest absolute Gasteiger partial charge is 0.125 e. The van der Waals surface area contributed by atoms with E-state index in [2.05, 4.69) is 9.97 Å². The van der Waals surface area contributed by atoms with Crippen LogP contribution < -0.4 is 0 Å². The highest BCUT2D eigenvalue weighted by atomic mass is 35.5. The van der Waals surface area contributed by atoms with Gasteiger partial charge in [-0.1, -0.05) is 25.4 Å². The van der Waals surface area contributed by atoms with Crippen molar-refractivity contribution in [2.24, 2.45) is 0 Å². The maximum absolute atomic E-state index is 5.49. The predicted octanol–water partition coefficient (Wildman–Crippen LogP) is 2.46. The number of rotatable bonds is 0. The molecule has 0 aliphatic rings. The Morgan fingerprint density at radius 2 is 1.60 bits per heavy atom. The maximum Gasteiger partial charge on any atom is 0.125 e. The van der Waals surface area contributed by atoms with Gasteiger partial charge in [-0.2, -0.15) is 0 Å². The van der Waals surface area contributed by atoms with Crippen molar-refractivity contribution < 1.29 is 0 Å². The van der Waals surface area contributed by atoms with Crippen LogP contribution in [-0.4, -0.2) is 9.97 Å². The lowest BCUT2D eigenvalue weighted by Gasteiger charge is -1.86. The standard InChI is InChI=1S/C5H5ClN2.C2H6/c1-4-7-2-5(6)3-8-4;1-2/h2-3H,1H3;1-2H3. The van der Waals surface area contributed by atoms with Crippen LogP contribution in [0.4, 0.5) is 0 Å². The highest BCUT2D eigenvalue weighted by Gasteiger charge is 1.84. The highest BCUT2D eigenvalue weighted by Crippen LogP contribution is 2.00. The quantitative estimate of drug-likeness (QED) is 0.580. The molecule has 1 rings (SSSR count). The van der Waals surface area contributed by atoms with Crippen LogP contribution in [0.2, 0.25) is 5.02 Å². The van der Waals surface area contributed by atoms with E-state index in [1.807, 2.05) is 20.8 Å². The van der Waals surface area contributed by atoms with E-state index >= 15 is 0 Å². The Morgan fingerprint density at radius 1 is 1.20 bits per heavy atom. The third kappa shape index (κ3) is 3.41. The summed E-state index contributed by atoms with van der Waals surface area (Å²) < 4.78 is 0. The monoisotopic (exact) mass is 158 g/mol. The summed E-state index contributed by atoms with van der Waals surface area (Å²) in [6.45, 7) is 5.82. The van der Waals surface area contributed by atoms with Gasteiger partial charge in [0.1, 0.15) is 5.82 Å². The molecule has 0 saturated heterocycles. The summed E-state index contributed by atoms with van der Waals surface area (Å²) in [7, 11) is 0. The first-order valence-electron chi connectivity index (χ1n) is 3.23. The Labute approximate surface area is 66.3 Å².